The van der Waals surface area contributed by atoms with Crippen LogP contribution in [-0.2, 0) is 4.74 Å². The summed E-state index contributed by atoms with van der Waals surface area (Å²) in [6, 6.07) is 10.0. The first-order valence-electron chi connectivity index (χ1n) is 8.38. The number of thiazole rings is 1. The van der Waals surface area contributed by atoms with Crippen molar-refractivity contribution in [3.63, 3.8) is 0 Å². The molecule has 24 heavy (non-hydrogen) atoms. The van der Waals surface area contributed by atoms with E-state index in [1.807, 2.05) is 30.3 Å². The van der Waals surface area contributed by atoms with Crippen LogP contribution in [0.25, 0.3) is 10.4 Å². The third-order valence-electron chi connectivity index (χ3n) is 4.93. The van der Waals surface area contributed by atoms with Crippen molar-refractivity contribution in [1.29, 1.82) is 0 Å². The van der Waals surface area contributed by atoms with Crippen LogP contribution in [0.1, 0.15) is 12.8 Å². The highest BCUT2D eigenvalue weighted by atomic mass is 32.1. The first kappa shape index (κ1) is 15.6. The quantitative estimate of drug-likeness (QED) is 0.856. The Hall–Kier alpha value is -1.92. The number of aromatic nitrogens is 1. The topological polar surface area (TPSA) is 45.7 Å². The predicted molar refractivity (Wildman–Crippen MR) is 95.4 cm³/mol. The summed E-state index contributed by atoms with van der Waals surface area (Å²) in [5, 5.41) is 0. The smallest absolute Gasteiger partial charge is 0.415 e. The lowest BCUT2D eigenvalue weighted by Gasteiger charge is -2.23. The fourth-order valence-electron chi connectivity index (χ4n) is 3.66. The van der Waals surface area contributed by atoms with Crippen molar-refractivity contribution in [1.82, 2.24) is 9.88 Å². The molecule has 0 aliphatic carbocycles. The molecule has 2 aliphatic rings. The zero-order chi connectivity index (χ0) is 16.5. The van der Waals surface area contributed by atoms with Crippen LogP contribution in [0.4, 0.5) is 10.6 Å². The minimum atomic E-state index is -0.308. The summed E-state index contributed by atoms with van der Waals surface area (Å²) in [4.78, 5) is 21.9. The summed E-state index contributed by atoms with van der Waals surface area (Å²) in [6.07, 6.45) is 2.07. The van der Waals surface area contributed by atoms with Crippen LogP contribution in [0.5, 0.6) is 0 Å². The van der Waals surface area contributed by atoms with Crippen molar-refractivity contribution < 1.29 is 9.53 Å². The van der Waals surface area contributed by atoms with Crippen molar-refractivity contribution in [2.45, 2.75) is 18.9 Å². The number of nitrogens with zero attached hydrogens (tertiary/aromatic N) is 3. The lowest BCUT2D eigenvalue weighted by Crippen LogP contribution is -2.34. The highest BCUT2D eigenvalue weighted by Gasteiger charge is 2.38. The Kier molecular flexibility index (Phi) is 4.24. The van der Waals surface area contributed by atoms with Gasteiger partial charge in [-0.15, -0.1) is 11.3 Å². The largest absolute Gasteiger partial charge is 0.444 e. The van der Waals surface area contributed by atoms with E-state index in [1.165, 1.54) is 22.7 Å². The number of piperidine rings is 1. The zero-order valence-corrected chi connectivity index (χ0v) is 14.5. The molecule has 5 nitrogen and oxygen atoms in total. The van der Waals surface area contributed by atoms with Gasteiger partial charge in [0.2, 0.25) is 0 Å². The van der Waals surface area contributed by atoms with Crippen LogP contribution in [-0.4, -0.2) is 48.8 Å². The molecule has 2 aliphatic heterocycles. The molecule has 126 valence electrons. The number of benzene rings is 1. The second-order valence-electron chi connectivity index (χ2n) is 6.51. The molecule has 0 radical (unpaired) electrons. The lowest BCUT2D eigenvalue weighted by molar-refractivity contribution is 0.0892. The number of anilines is 1. The number of rotatable bonds is 3. The van der Waals surface area contributed by atoms with Gasteiger partial charge in [0.05, 0.1) is 10.4 Å². The molecular formula is C18H21N3O2S. The average molecular weight is 343 g/mol. The zero-order valence-electron chi connectivity index (χ0n) is 13.7. The first-order chi connectivity index (χ1) is 11.7. The van der Waals surface area contributed by atoms with Crippen molar-refractivity contribution in [3.8, 4) is 10.4 Å². The first-order valence-corrected chi connectivity index (χ1v) is 9.26. The van der Waals surface area contributed by atoms with Gasteiger partial charge in [-0.25, -0.2) is 9.78 Å². The summed E-state index contributed by atoms with van der Waals surface area (Å²) >= 11 is 1.54. The van der Waals surface area contributed by atoms with Gasteiger partial charge in [0, 0.05) is 26.1 Å². The number of amides is 1. The Bertz CT molecular complexity index is 718. The van der Waals surface area contributed by atoms with E-state index in [0.29, 0.717) is 11.7 Å². The molecule has 4 rings (SSSR count). The Labute approximate surface area is 145 Å². The SMILES string of the molecule is CN(C(=O)OC1CN2CCCC1C2)c1ncsc1-c1ccccc1. The molecule has 1 aromatic carbocycles. The molecule has 2 bridgehead atoms. The highest BCUT2D eigenvalue weighted by molar-refractivity contribution is 7.13. The molecule has 2 fully saturated rings. The molecule has 6 heteroatoms. The highest BCUT2D eigenvalue weighted by Crippen LogP contribution is 2.34. The molecule has 3 unspecified atom stereocenters. The normalized spacial score (nSPS) is 25.5. The van der Waals surface area contributed by atoms with Gasteiger partial charge in [-0.1, -0.05) is 30.3 Å². The van der Waals surface area contributed by atoms with E-state index in [2.05, 4.69) is 9.88 Å². The van der Waals surface area contributed by atoms with Gasteiger partial charge in [-0.2, -0.15) is 0 Å². The van der Waals surface area contributed by atoms with E-state index in [9.17, 15) is 4.79 Å². The van der Waals surface area contributed by atoms with E-state index < -0.39 is 0 Å². The molecule has 0 saturated carbocycles. The predicted octanol–water partition coefficient (Wildman–Crippen LogP) is 3.48. The summed E-state index contributed by atoms with van der Waals surface area (Å²) in [7, 11) is 1.74. The molecule has 1 amide bonds. The van der Waals surface area contributed by atoms with Gasteiger partial charge in [0.25, 0.3) is 0 Å². The van der Waals surface area contributed by atoms with E-state index >= 15 is 0 Å². The minimum absolute atomic E-state index is 0.0151. The van der Waals surface area contributed by atoms with Crippen molar-refractivity contribution in [2.24, 2.45) is 5.92 Å². The molecular weight excluding hydrogens is 322 g/mol. The lowest BCUT2D eigenvalue weighted by atomic mass is 9.99. The Morgan fingerprint density at radius 1 is 1.33 bits per heavy atom. The van der Waals surface area contributed by atoms with Gasteiger partial charge in [0.15, 0.2) is 5.82 Å². The summed E-state index contributed by atoms with van der Waals surface area (Å²) < 4.78 is 5.81. The maximum Gasteiger partial charge on any atom is 0.415 e. The van der Waals surface area contributed by atoms with Gasteiger partial charge in [-0.3, -0.25) is 9.80 Å². The standard InChI is InChI=1S/C18H21N3O2S/c1-20(17-16(24-12-19-17)13-6-3-2-4-7-13)18(22)23-15-11-21-9-5-8-14(15)10-21/h2-4,6-7,12,14-15H,5,8-11H2,1H3. The monoisotopic (exact) mass is 343 g/mol. The number of carbonyl (C=O) groups is 1. The van der Waals surface area contributed by atoms with E-state index in [1.54, 1.807) is 12.6 Å². The molecule has 0 N–H and O–H groups in total. The number of fused-ring (bicyclic) bond motifs is 2. The van der Waals surface area contributed by atoms with Crippen molar-refractivity contribution in [2.75, 3.05) is 31.6 Å². The van der Waals surface area contributed by atoms with Gasteiger partial charge < -0.3 is 4.74 Å². The number of hydrogen-bond acceptors (Lipinski definition) is 5. The second-order valence-corrected chi connectivity index (χ2v) is 7.37. The summed E-state index contributed by atoms with van der Waals surface area (Å²) in [5.74, 6) is 1.15. The number of carbonyl (C=O) groups excluding carboxylic acids is 1. The number of ether oxygens (including phenoxy) is 1. The third kappa shape index (κ3) is 2.91. The summed E-state index contributed by atoms with van der Waals surface area (Å²) in [5.41, 5.74) is 2.84. The van der Waals surface area contributed by atoms with Gasteiger partial charge in [-0.05, 0) is 24.9 Å². The maximum atomic E-state index is 12.6. The molecule has 3 heterocycles. The van der Waals surface area contributed by atoms with Crippen molar-refractivity contribution in [3.05, 3.63) is 35.8 Å². The minimum Gasteiger partial charge on any atom is -0.444 e. The molecule has 2 saturated heterocycles. The van der Waals surface area contributed by atoms with E-state index in [-0.39, 0.29) is 12.2 Å². The molecule has 2 aromatic rings. The maximum absolute atomic E-state index is 12.6. The van der Waals surface area contributed by atoms with E-state index in [4.69, 9.17) is 4.74 Å². The van der Waals surface area contributed by atoms with Crippen LogP contribution < -0.4 is 4.90 Å². The van der Waals surface area contributed by atoms with Crippen LogP contribution in [0, 0.1) is 5.92 Å². The molecule has 1 aromatic heterocycles. The van der Waals surface area contributed by atoms with Crippen LogP contribution in [0.3, 0.4) is 0 Å². The Morgan fingerprint density at radius 2 is 2.17 bits per heavy atom. The van der Waals surface area contributed by atoms with Gasteiger partial charge in [0.1, 0.15) is 6.10 Å². The van der Waals surface area contributed by atoms with Gasteiger partial charge >= 0.3 is 6.09 Å². The van der Waals surface area contributed by atoms with Crippen LogP contribution in [0.15, 0.2) is 35.8 Å². The Balaban J connectivity index is 1.49. The van der Waals surface area contributed by atoms with Crippen LogP contribution >= 0.6 is 11.3 Å². The summed E-state index contributed by atoms with van der Waals surface area (Å²) in [6.45, 7) is 3.06. The second kappa shape index (κ2) is 6.53. The average Bonchev–Trinajstić information content (AvgIpc) is 3.20. The third-order valence-corrected chi connectivity index (χ3v) is 5.80. The van der Waals surface area contributed by atoms with Crippen molar-refractivity contribution >= 4 is 23.2 Å². The Morgan fingerprint density at radius 3 is 2.96 bits per heavy atom. The molecule has 3 atom stereocenters. The number of hydrogen-bond donors (Lipinski definition) is 0. The molecule has 0 spiro atoms. The van der Waals surface area contributed by atoms with E-state index in [0.717, 1.165) is 36.5 Å². The van der Waals surface area contributed by atoms with Crippen LogP contribution in [0.2, 0.25) is 0 Å². The fraction of sp³-hybridized carbons (Fsp3) is 0.444. The fourth-order valence-corrected chi connectivity index (χ4v) is 4.48.